The molecule has 1 aliphatic heterocycles. The van der Waals surface area contributed by atoms with Crippen LogP contribution in [0.2, 0.25) is 0 Å². The van der Waals surface area contributed by atoms with Crippen molar-refractivity contribution in [2.75, 3.05) is 4.90 Å². The van der Waals surface area contributed by atoms with Crippen molar-refractivity contribution >= 4 is 33.3 Å². The van der Waals surface area contributed by atoms with Gasteiger partial charge in [-0.1, -0.05) is 24.3 Å². The first kappa shape index (κ1) is 17.8. The second kappa shape index (κ2) is 6.35. The van der Waals surface area contributed by atoms with Crippen LogP contribution in [0.5, 0.6) is 0 Å². The summed E-state index contributed by atoms with van der Waals surface area (Å²) >= 11 is 1.36. The molecule has 1 atom stereocenters. The first-order valence-corrected chi connectivity index (χ1v) is 9.86. The molecule has 0 fully saturated rings. The lowest BCUT2D eigenvalue weighted by Crippen LogP contribution is -2.29. The predicted molar refractivity (Wildman–Crippen MR) is 109 cm³/mol. The van der Waals surface area contributed by atoms with E-state index in [0.29, 0.717) is 21.7 Å². The molecule has 0 unspecified atom stereocenters. The standard InChI is InChI=1S/C22H15FN2O3S/c1-11-12(2)29-22(24-11)25-18(13-6-5-7-14(23)10-13)17-19(26)15-8-3-4-9-16(15)28-20(17)21(25)27/h3-10,18H,1-2H3/t18-/m1/s1. The molecule has 144 valence electrons. The van der Waals surface area contributed by atoms with E-state index >= 15 is 0 Å². The lowest BCUT2D eigenvalue weighted by atomic mass is 9.98. The number of halogens is 1. The molecule has 2 aromatic carbocycles. The number of fused-ring (bicyclic) bond motifs is 2. The zero-order valence-corrected chi connectivity index (χ0v) is 16.4. The van der Waals surface area contributed by atoms with Gasteiger partial charge in [-0.05, 0) is 43.7 Å². The fourth-order valence-corrected chi connectivity index (χ4v) is 4.60. The third-order valence-corrected chi connectivity index (χ3v) is 6.24. The molecule has 0 N–H and O–H groups in total. The van der Waals surface area contributed by atoms with E-state index in [4.69, 9.17) is 4.42 Å². The lowest BCUT2D eigenvalue weighted by molar-refractivity contribution is 0.0971. The average molecular weight is 406 g/mol. The third kappa shape index (κ3) is 2.61. The molecule has 0 radical (unpaired) electrons. The normalized spacial score (nSPS) is 15.9. The van der Waals surface area contributed by atoms with Crippen LogP contribution in [0.4, 0.5) is 9.52 Å². The van der Waals surface area contributed by atoms with Crippen molar-refractivity contribution in [3.8, 4) is 0 Å². The lowest BCUT2D eigenvalue weighted by Gasteiger charge is -2.22. The van der Waals surface area contributed by atoms with E-state index in [-0.39, 0.29) is 16.8 Å². The molecule has 5 nitrogen and oxygen atoms in total. The minimum absolute atomic E-state index is 0.0199. The topological polar surface area (TPSA) is 63.4 Å². The number of hydrogen-bond donors (Lipinski definition) is 0. The Kier molecular flexibility index (Phi) is 3.89. The van der Waals surface area contributed by atoms with E-state index in [1.165, 1.54) is 28.4 Å². The maximum atomic E-state index is 14.0. The van der Waals surface area contributed by atoms with Crippen LogP contribution >= 0.6 is 11.3 Å². The maximum absolute atomic E-state index is 14.0. The number of rotatable bonds is 2. The van der Waals surface area contributed by atoms with Crippen molar-refractivity contribution in [1.82, 2.24) is 4.98 Å². The van der Waals surface area contributed by atoms with E-state index in [9.17, 15) is 14.0 Å². The van der Waals surface area contributed by atoms with Crippen molar-refractivity contribution < 1.29 is 13.6 Å². The van der Waals surface area contributed by atoms with Gasteiger partial charge in [-0.15, -0.1) is 11.3 Å². The van der Waals surface area contributed by atoms with Crippen molar-refractivity contribution in [3.05, 3.63) is 92.0 Å². The first-order chi connectivity index (χ1) is 14.0. The van der Waals surface area contributed by atoms with Gasteiger partial charge in [0.15, 0.2) is 10.6 Å². The summed E-state index contributed by atoms with van der Waals surface area (Å²) in [6.07, 6.45) is 0. The zero-order chi connectivity index (χ0) is 20.3. The summed E-state index contributed by atoms with van der Waals surface area (Å²) in [5.74, 6) is -0.917. The summed E-state index contributed by atoms with van der Waals surface area (Å²) in [5.41, 5.74) is 1.55. The number of amides is 1. The Morgan fingerprint density at radius 2 is 1.90 bits per heavy atom. The van der Waals surface area contributed by atoms with Gasteiger partial charge in [0.05, 0.1) is 22.7 Å². The van der Waals surface area contributed by atoms with E-state index in [0.717, 1.165) is 10.6 Å². The van der Waals surface area contributed by atoms with Crippen molar-refractivity contribution in [1.29, 1.82) is 0 Å². The van der Waals surface area contributed by atoms with Crippen LogP contribution in [0.25, 0.3) is 11.0 Å². The molecule has 4 aromatic rings. The van der Waals surface area contributed by atoms with Crippen molar-refractivity contribution in [2.24, 2.45) is 0 Å². The van der Waals surface area contributed by atoms with E-state index in [1.807, 2.05) is 13.8 Å². The fourth-order valence-electron chi connectivity index (χ4n) is 3.67. The van der Waals surface area contributed by atoms with Gasteiger partial charge >= 0.3 is 0 Å². The second-order valence-electron chi connectivity index (χ2n) is 6.94. The number of carbonyl (C=O) groups excluding carboxylic acids is 1. The summed E-state index contributed by atoms with van der Waals surface area (Å²) in [6.45, 7) is 3.77. The average Bonchev–Trinajstić information content (AvgIpc) is 3.19. The number of hydrogen-bond acceptors (Lipinski definition) is 5. The monoisotopic (exact) mass is 406 g/mol. The number of para-hydroxylation sites is 1. The molecule has 1 aliphatic rings. The number of carbonyl (C=O) groups is 1. The number of thiazole rings is 1. The van der Waals surface area contributed by atoms with Gasteiger partial charge in [0.2, 0.25) is 5.76 Å². The zero-order valence-electron chi connectivity index (χ0n) is 15.6. The summed E-state index contributed by atoms with van der Waals surface area (Å²) in [5, 5.41) is 0.836. The molecule has 7 heteroatoms. The van der Waals surface area contributed by atoms with Crippen LogP contribution in [0.3, 0.4) is 0 Å². The number of benzene rings is 2. The van der Waals surface area contributed by atoms with Gasteiger partial charge in [-0.25, -0.2) is 9.37 Å². The van der Waals surface area contributed by atoms with Gasteiger partial charge in [0.1, 0.15) is 11.4 Å². The number of aryl methyl sites for hydroxylation is 2. The first-order valence-electron chi connectivity index (χ1n) is 9.04. The Morgan fingerprint density at radius 3 is 2.62 bits per heavy atom. The summed E-state index contributed by atoms with van der Waals surface area (Å²) in [6, 6.07) is 11.9. The van der Waals surface area contributed by atoms with Crippen LogP contribution in [-0.2, 0) is 0 Å². The molecule has 0 spiro atoms. The van der Waals surface area contributed by atoms with Crippen LogP contribution < -0.4 is 10.3 Å². The Balaban J connectivity index is 1.84. The summed E-state index contributed by atoms with van der Waals surface area (Å²) in [4.78, 5) is 33.6. The maximum Gasteiger partial charge on any atom is 0.297 e. The highest BCUT2D eigenvalue weighted by molar-refractivity contribution is 7.15. The number of nitrogens with zero attached hydrogens (tertiary/aromatic N) is 2. The largest absolute Gasteiger partial charge is 0.450 e. The molecular weight excluding hydrogens is 391 g/mol. The highest BCUT2D eigenvalue weighted by atomic mass is 32.1. The molecule has 5 rings (SSSR count). The van der Waals surface area contributed by atoms with Gasteiger partial charge in [0.25, 0.3) is 5.91 Å². The highest BCUT2D eigenvalue weighted by Crippen LogP contribution is 2.42. The van der Waals surface area contributed by atoms with Gasteiger partial charge in [0, 0.05) is 4.88 Å². The van der Waals surface area contributed by atoms with Crippen molar-refractivity contribution in [3.63, 3.8) is 0 Å². The van der Waals surface area contributed by atoms with Gasteiger partial charge < -0.3 is 4.42 Å². The quantitative estimate of drug-likeness (QED) is 0.482. The molecule has 29 heavy (non-hydrogen) atoms. The molecule has 0 saturated heterocycles. The molecule has 0 saturated carbocycles. The Hall–Kier alpha value is -3.32. The Morgan fingerprint density at radius 1 is 1.10 bits per heavy atom. The highest BCUT2D eigenvalue weighted by Gasteiger charge is 2.45. The van der Waals surface area contributed by atoms with Crippen LogP contribution in [0.1, 0.15) is 38.3 Å². The minimum Gasteiger partial charge on any atom is -0.450 e. The number of aromatic nitrogens is 1. The smallest absolute Gasteiger partial charge is 0.297 e. The van der Waals surface area contributed by atoms with E-state index in [2.05, 4.69) is 4.98 Å². The van der Waals surface area contributed by atoms with Crippen LogP contribution in [0, 0.1) is 19.7 Å². The van der Waals surface area contributed by atoms with Gasteiger partial charge in [-0.2, -0.15) is 0 Å². The summed E-state index contributed by atoms with van der Waals surface area (Å²) in [7, 11) is 0. The molecule has 2 aromatic heterocycles. The molecule has 1 amide bonds. The molecule has 0 bridgehead atoms. The van der Waals surface area contributed by atoms with Crippen LogP contribution in [-0.4, -0.2) is 10.9 Å². The SMILES string of the molecule is Cc1nc(N2C(=O)c3oc4ccccc4c(=O)c3[C@H]2c2cccc(F)c2)sc1C. The molecule has 0 aliphatic carbocycles. The fraction of sp³-hybridized carbons (Fsp3) is 0.136. The van der Waals surface area contributed by atoms with Gasteiger partial charge in [-0.3, -0.25) is 14.5 Å². The van der Waals surface area contributed by atoms with Crippen LogP contribution in [0.15, 0.2) is 57.7 Å². The summed E-state index contributed by atoms with van der Waals surface area (Å²) < 4.78 is 19.9. The Bertz CT molecular complexity index is 1340. The second-order valence-corrected chi connectivity index (χ2v) is 8.12. The minimum atomic E-state index is -0.806. The number of anilines is 1. The molecular formula is C22H15FN2O3S. The van der Waals surface area contributed by atoms with E-state index < -0.39 is 17.8 Å². The van der Waals surface area contributed by atoms with Crippen molar-refractivity contribution in [2.45, 2.75) is 19.9 Å². The Labute approximate surface area is 169 Å². The molecule has 3 heterocycles. The van der Waals surface area contributed by atoms with E-state index in [1.54, 1.807) is 36.4 Å². The third-order valence-electron chi connectivity index (χ3n) is 5.17. The predicted octanol–water partition coefficient (Wildman–Crippen LogP) is 4.76.